The van der Waals surface area contributed by atoms with Crippen LogP contribution in [0.1, 0.15) is 58.1 Å². The molecule has 2 heterocycles. The Labute approximate surface area is 180 Å². The molecule has 1 aliphatic heterocycles. The number of hydrogen-bond donors (Lipinski definition) is 1. The van der Waals surface area contributed by atoms with E-state index in [-0.39, 0.29) is 30.6 Å². The summed E-state index contributed by atoms with van der Waals surface area (Å²) in [5.74, 6) is 1.02. The highest BCUT2D eigenvalue weighted by atomic mass is 16.5. The summed E-state index contributed by atoms with van der Waals surface area (Å²) in [6.45, 7) is 7.68. The maximum Gasteiger partial charge on any atom is 0.222 e. The van der Waals surface area contributed by atoms with Gasteiger partial charge >= 0.3 is 0 Å². The molecule has 0 unspecified atom stereocenters. The number of likely N-dealkylation sites (N-methyl/N-ethyl adjacent to an activating group) is 1. The molecule has 1 fully saturated rings. The fourth-order valence-electron chi connectivity index (χ4n) is 4.76. The third-order valence-corrected chi connectivity index (χ3v) is 6.68. The number of fused-ring (bicyclic) bond motifs is 1. The van der Waals surface area contributed by atoms with Crippen LogP contribution in [0.3, 0.4) is 0 Å². The number of ether oxygens (including phenoxy) is 1. The second-order valence-corrected chi connectivity index (χ2v) is 9.33. The second-order valence-electron chi connectivity index (χ2n) is 9.33. The normalized spacial score (nSPS) is 25.8. The van der Waals surface area contributed by atoms with Crippen LogP contribution in [0, 0.1) is 11.8 Å². The summed E-state index contributed by atoms with van der Waals surface area (Å²) in [4.78, 5) is 17.1. The zero-order chi connectivity index (χ0) is 21.5. The van der Waals surface area contributed by atoms with Gasteiger partial charge in [-0.25, -0.2) is 4.68 Å². The van der Waals surface area contributed by atoms with Crippen LogP contribution in [0.2, 0.25) is 0 Å². The van der Waals surface area contributed by atoms with Gasteiger partial charge in [-0.2, -0.15) is 0 Å². The van der Waals surface area contributed by atoms with E-state index in [0.717, 1.165) is 24.7 Å². The van der Waals surface area contributed by atoms with Gasteiger partial charge in [-0.3, -0.25) is 4.79 Å². The molecule has 0 saturated heterocycles. The van der Waals surface area contributed by atoms with Crippen molar-refractivity contribution in [3.8, 4) is 0 Å². The van der Waals surface area contributed by atoms with Crippen LogP contribution in [0.25, 0.3) is 0 Å². The lowest BCUT2D eigenvalue weighted by Gasteiger charge is -2.36. The molecule has 8 nitrogen and oxygen atoms in total. The van der Waals surface area contributed by atoms with Gasteiger partial charge in [-0.15, -0.1) is 5.10 Å². The number of aliphatic hydroxyl groups excluding tert-OH is 1. The molecule has 0 bridgehead atoms. The van der Waals surface area contributed by atoms with Gasteiger partial charge in [0.15, 0.2) is 0 Å². The van der Waals surface area contributed by atoms with Gasteiger partial charge in [0.1, 0.15) is 0 Å². The molecule has 1 N–H and O–H groups in total. The van der Waals surface area contributed by atoms with Crippen molar-refractivity contribution in [1.82, 2.24) is 24.8 Å². The van der Waals surface area contributed by atoms with E-state index in [2.05, 4.69) is 29.2 Å². The van der Waals surface area contributed by atoms with Crippen molar-refractivity contribution in [2.75, 3.05) is 33.3 Å². The van der Waals surface area contributed by atoms with E-state index in [9.17, 15) is 9.90 Å². The number of carbonyl (C=O) groups is 1. The predicted octanol–water partition coefficient (Wildman–Crippen LogP) is 1.92. The van der Waals surface area contributed by atoms with Gasteiger partial charge in [0.2, 0.25) is 5.91 Å². The van der Waals surface area contributed by atoms with Crippen LogP contribution in [0.4, 0.5) is 0 Å². The molecule has 2 aliphatic rings. The third kappa shape index (κ3) is 6.25. The lowest BCUT2D eigenvalue weighted by molar-refractivity contribution is -0.136. The van der Waals surface area contributed by atoms with Crippen molar-refractivity contribution < 1.29 is 14.6 Å². The predicted molar refractivity (Wildman–Crippen MR) is 115 cm³/mol. The second kappa shape index (κ2) is 11.2. The van der Waals surface area contributed by atoms with Crippen LogP contribution >= 0.6 is 0 Å². The molecule has 30 heavy (non-hydrogen) atoms. The van der Waals surface area contributed by atoms with E-state index in [1.807, 2.05) is 16.5 Å². The van der Waals surface area contributed by atoms with E-state index in [4.69, 9.17) is 4.74 Å². The number of hydrogen-bond acceptors (Lipinski definition) is 6. The highest BCUT2D eigenvalue weighted by Gasteiger charge is 2.29. The Balaban J connectivity index is 1.73. The fourth-order valence-corrected chi connectivity index (χ4v) is 4.76. The minimum Gasteiger partial charge on any atom is -0.394 e. The molecule has 1 aromatic heterocycles. The first kappa shape index (κ1) is 23.2. The molecule has 1 amide bonds. The van der Waals surface area contributed by atoms with Crippen LogP contribution < -0.4 is 0 Å². The number of amides is 1. The summed E-state index contributed by atoms with van der Waals surface area (Å²) >= 11 is 0. The lowest BCUT2D eigenvalue weighted by atomic mass is 10.0. The molecular weight excluding hydrogens is 382 g/mol. The molecule has 1 saturated carbocycles. The fraction of sp³-hybridized carbons (Fsp3) is 0.864. The largest absolute Gasteiger partial charge is 0.394 e. The highest BCUT2D eigenvalue weighted by molar-refractivity contribution is 5.76. The van der Waals surface area contributed by atoms with E-state index >= 15 is 0 Å². The molecular formula is C22H39N5O3. The minimum absolute atomic E-state index is 0.0135. The maximum absolute atomic E-state index is 12.9. The van der Waals surface area contributed by atoms with Crippen molar-refractivity contribution in [3.05, 3.63) is 11.9 Å². The summed E-state index contributed by atoms with van der Waals surface area (Å²) in [6, 6.07) is -0.193. The van der Waals surface area contributed by atoms with E-state index < -0.39 is 0 Å². The minimum atomic E-state index is -0.193. The number of carbonyl (C=O) groups excluding carboxylic acids is 1. The van der Waals surface area contributed by atoms with E-state index in [0.29, 0.717) is 32.5 Å². The van der Waals surface area contributed by atoms with E-state index in [1.54, 1.807) is 6.20 Å². The van der Waals surface area contributed by atoms with Crippen molar-refractivity contribution in [3.63, 3.8) is 0 Å². The molecule has 3 rings (SSSR count). The molecule has 0 spiro atoms. The Morgan fingerprint density at radius 2 is 2.07 bits per heavy atom. The first-order valence-electron chi connectivity index (χ1n) is 11.6. The molecule has 1 aliphatic carbocycles. The van der Waals surface area contributed by atoms with Gasteiger partial charge in [-0.1, -0.05) is 25.0 Å². The van der Waals surface area contributed by atoms with Gasteiger partial charge in [0.05, 0.1) is 37.3 Å². The number of nitrogens with zero attached hydrogens (tertiary/aromatic N) is 5. The summed E-state index contributed by atoms with van der Waals surface area (Å²) in [7, 11) is 2.18. The van der Waals surface area contributed by atoms with Gasteiger partial charge in [0, 0.05) is 38.5 Å². The molecule has 170 valence electrons. The Morgan fingerprint density at radius 3 is 2.80 bits per heavy atom. The molecule has 0 radical (unpaired) electrons. The van der Waals surface area contributed by atoms with Crippen molar-refractivity contribution >= 4 is 5.91 Å². The average Bonchev–Trinajstić information content (AvgIpc) is 3.39. The van der Waals surface area contributed by atoms with Crippen molar-refractivity contribution in [2.45, 2.75) is 77.7 Å². The van der Waals surface area contributed by atoms with E-state index in [1.165, 1.54) is 25.7 Å². The topological polar surface area (TPSA) is 83.7 Å². The first-order chi connectivity index (χ1) is 14.5. The highest BCUT2D eigenvalue weighted by Crippen LogP contribution is 2.26. The van der Waals surface area contributed by atoms with Gasteiger partial charge in [0.25, 0.3) is 0 Å². The Bertz CT molecular complexity index is 661. The van der Waals surface area contributed by atoms with Crippen LogP contribution in [-0.2, 0) is 22.7 Å². The first-order valence-corrected chi connectivity index (χ1v) is 11.6. The zero-order valence-corrected chi connectivity index (χ0v) is 18.9. The zero-order valence-electron chi connectivity index (χ0n) is 18.9. The molecule has 8 heteroatoms. The van der Waals surface area contributed by atoms with Crippen LogP contribution in [0.15, 0.2) is 6.20 Å². The monoisotopic (exact) mass is 421 g/mol. The molecule has 3 atom stereocenters. The Hall–Kier alpha value is -1.51. The molecule has 0 aromatic carbocycles. The van der Waals surface area contributed by atoms with Crippen LogP contribution in [-0.4, -0.2) is 81.2 Å². The summed E-state index contributed by atoms with van der Waals surface area (Å²) in [5.41, 5.74) is 0.958. The molecule has 1 aromatic rings. The summed E-state index contributed by atoms with van der Waals surface area (Å²) < 4.78 is 8.25. The van der Waals surface area contributed by atoms with Gasteiger partial charge < -0.3 is 19.6 Å². The van der Waals surface area contributed by atoms with Gasteiger partial charge in [-0.05, 0) is 39.2 Å². The lowest BCUT2D eigenvalue weighted by Crippen LogP contribution is -2.47. The number of aromatic nitrogens is 3. The number of rotatable bonds is 6. The number of aliphatic hydroxyl groups is 1. The van der Waals surface area contributed by atoms with Crippen molar-refractivity contribution in [1.29, 1.82) is 0 Å². The summed E-state index contributed by atoms with van der Waals surface area (Å²) in [6.07, 6.45) is 8.25. The maximum atomic E-state index is 12.9. The smallest absolute Gasteiger partial charge is 0.222 e. The van der Waals surface area contributed by atoms with Crippen LogP contribution in [0.5, 0.6) is 0 Å². The Morgan fingerprint density at radius 1 is 1.30 bits per heavy atom. The average molecular weight is 422 g/mol. The number of aryl methyl sites for hydroxylation is 1. The standard InChI is InChI=1S/C22H39N5O3/c1-17-12-26(18(2)15-28)22(29)9-6-10-27-20(11-23-24-27)16-30-21(17)14-25(3)13-19-7-4-5-8-19/h11,17-19,21,28H,4-10,12-16H2,1-3H3/t17-,18+,21-/m1/s1. The van der Waals surface area contributed by atoms with Crippen molar-refractivity contribution in [2.24, 2.45) is 11.8 Å². The SMILES string of the molecule is C[C@@H]1CN([C@@H](C)CO)C(=O)CCCn2nncc2CO[C@@H]1CN(C)CC1CCCC1. The summed E-state index contributed by atoms with van der Waals surface area (Å²) in [5, 5.41) is 17.9. The quantitative estimate of drug-likeness (QED) is 0.756. The Kier molecular flexibility index (Phi) is 8.65. The third-order valence-electron chi connectivity index (χ3n) is 6.68.